The molecule has 1 fully saturated rings. The first kappa shape index (κ1) is 15.1. The summed E-state index contributed by atoms with van der Waals surface area (Å²) in [6.07, 6.45) is 9.95. The molecule has 0 aliphatic heterocycles. The summed E-state index contributed by atoms with van der Waals surface area (Å²) in [6, 6.07) is 0.540. The summed E-state index contributed by atoms with van der Waals surface area (Å²) >= 11 is 0. The van der Waals surface area contributed by atoms with Crippen LogP contribution in [0.25, 0.3) is 0 Å². The van der Waals surface area contributed by atoms with E-state index in [1.165, 1.54) is 32.1 Å². The van der Waals surface area contributed by atoms with Gasteiger partial charge in [0.1, 0.15) is 5.82 Å². The molecule has 0 bridgehead atoms. The Morgan fingerprint density at radius 1 is 1.25 bits per heavy atom. The molecule has 4 heteroatoms. The maximum absolute atomic E-state index is 4.61. The molecule has 1 aliphatic rings. The van der Waals surface area contributed by atoms with Crippen molar-refractivity contribution in [3.63, 3.8) is 0 Å². The molecule has 20 heavy (non-hydrogen) atoms. The molecule has 1 aromatic heterocycles. The lowest BCUT2D eigenvalue weighted by Gasteiger charge is -2.31. The van der Waals surface area contributed by atoms with Crippen LogP contribution in [0.3, 0.4) is 0 Å². The number of anilines is 2. The van der Waals surface area contributed by atoms with Crippen LogP contribution in [0.2, 0.25) is 0 Å². The Kier molecular flexibility index (Phi) is 5.62. The Balaban J connectivity index is 2.07. The highest BCUT2D eigenvalue weighted by molar-refractivity contribution is 5.47. The quantitative estimate of drug-likeness (QED) is 0.825. The van der Waals surface area contributed by atoms with E-state index in [4.69, 9.17) is 0 Å². The molecule has 0 aromatic carbocycles. The molecule has 0 saturated heterocycles. The zero-order chi connectivity index (χ0) is 14.4. The standard InChI is InChI=1S/C16H28N4/c1-4-14(13-9-7-6-8-10-13)19-15-12(3)11-18-16(20-15)17-5-2/h11,13-14H,4-10H2,1-3H3,(H2,17,18,19,20). The van der Waals surface area contributed by atoms with Crippen LogP contribution in [-0.4, -0.2) is 22.6 Å². The van der Waals surface area contributed by atoms with Gasteiger partial charge in [-0.3, -0.25) is 0 Å². The van der Waals surface area contributed by atoms with E-state index in [2.05, 4.69) is 41.4 Å². The van der Waals surface area contributed by atoms with Crippen LogP contribution in [-0.2, 0) is 0 Å². The van der Waals surface area contributed by atoms with Gasteiger partial charge in [0.05, 0.1) is 0 Å². The SMILES string of the molecule is CCNc1ncc(C)c(NC(CC)C2CCCCC2)n1. The predicted octanol–water partition coefficient (Wildman–Crippen LogP) is 3.99. The van der Waals surface area contributed by atoms with E-state index in [-0.39, 0.29) is 0 Å². The molecule has 2 N–H and O–H groups in total. The third kappa shape index (κ3) is 3.84. The van der Waals surface area contributed by atoms with Crippen molar-refractivity contribution in [3.05, 3.63) is 11.8 Å². The molecule has 0 spiro atoms. The van der Waals surface area contributed by atoms with Gasteiger partial charge in [-0.15, -0.1) is 0 Å². The lowest BCUT2D eigenvalue weighted by Crippen LogP contribution is -2.31. The van der Waals surface area contributed by atoms with Gasteiger partial charge >= 0.3 is 0 Å². The number of nitrogens with zero attached hydrogens (tertiary/aromatic N) is 2. The fourth-order valence-electron chi connectivity index (χ4n) is 3.10. The third-order valence-corrected chi connectivity index (χ3v) is 4.29. The van der Waals surface area contributed by atoms with Crippen LogP contribution in [0, 0.1) is 12.8 Å². The summed E-state index contributed by atoms with van der Waals surface area (Å²) in [7, 11) is 0. The van der Waals surface area contributed by atoms with Gasteiger partial charge in [-0.05, 0) is 39.0 Å². The maximum atomic E-state index is 4.61. The Labute approximate surface area is 122 Å². The normalized spacial score (nSPS) is 17.8. The number of aryl methyl sites for hydroxylation is 1. The Morgan fingerprint density at radius 3 is 2.65 bits per heavy atom. The average Bonchev–Trinajstić information content (AvgIpc) is 2.49. The summed E-state index contributed by atoms with van der Waals surface area (Å²) in [5.74, 6) is 2.51. The molecule has 112 valence electrons. The predicted molar refractivity (Wildman–Crippen MR) is 85.2 cm³/mol. The topological polar surface area (TPSA) is 49.8 Å². The van der Waals surface area contributed by atoms with E-state index in [1.54, 1.807) is 0 Å². The van der Waals surface area contributed by atoms with Crippen LogP contribution in [0.1, 0.15) is 57.9 Å². The second-order valence-corrected chi connectivity index (χ2v) is 5.81. The lowest BCUT2D eigenvalue weighted by molar-refractivity contribution is 0.312. The Hall–Kier alpha value is -1.32. The van der Waals surface area contributed by atoms with Crippen LogP contribution < -0.4 is 10.6 Å². The minimum Gasteiger partial charge on any atom is -0.367 e. The number of rotatable bonds is 6. The summed E-state index contributed by atoms with van der Waals surface area (Å²) < 4.78 is 0. The van der Waals surface area contributed by atoms with Crippen molar-refractivity contribution in [2.45, 2.75) is 65.3 Å². The Bertz CT molecular complexity index is 413. The minimum atomic E-state index is 0.540. The van der Waals surface area contributed by atoms with Crippen LogP contribution in [0.5, 0.6) is 0 Å². The molecule has 4 nitrogen and oxygen atoms in total. The van der Waals surface area contributed by atoms with Crippen molar-refractivity contribution in [3.8, 4) is 0 Å². The molecule has 1 atom stereocenters. The number of hydrogen-bond acceptors (Lipinski definition) is 4. The van der Waals surface area contributed by atoms with E-state index < -0.39 is 0 Å². The van der Waals surface area contributed by atoms with Crippen molar-refractivity contribution in [2.24, 2.45) is 5.92 Å². The summed E-state index contributed by atoms with van der Waals surface area (Å²) in [5.41, 5.74) is 1.13. The molecule has 1 unspecified atom stereocenters. The van der Waals surface area contributed by atoms with Gasteiger partial charge in [-0.1, -0.05) is 26.2 Å². The van der Waals surface area contributed by atoms with E-state index >= 15 is 0 Å². The molecule has 1 aliphatic carbocycles. The van der Waals surface area contributed by atoms with E-state index in [0.29, 0.717) is 6.04 Å². The van der Waals surface area contributed by atoms with E-state index in [1.807, 2.05) is 6.20 Å². The molecule has 2 rings (SSSR count). The van der Waals surface area contributed by atoms with Gasteiger partial charge in [0, 0.05) is 24.3 Å². The average molecular weight is 276 g/mol. The molecular weight excluding hydrogens is 248 g/mol. The summed E-state index contributed by atoms with van der Waals surface area (Å²) in [5, 5.41) is 6.86. The number of nitrogens with one attached hydrogen (secondary N) is 2. The first-order chi connectivity index (χ1) is 9.74. The van der Waals surface area contributed by atoms with Gasteiger partial charge in [-0.25, -0.2) is 4.98 Å². The smallest absolute Gasteiger partial charge is 0.224 e. The largest absolute Gasteiger partial charge is 0.367 e. The first-order valence-electron chi connectivity index (χ1n) is 8.08. The molecule has 0 amide bonds. The van der Waals surface area contributed by atoms with Crippen LogP contribution >= 0.6 is 0 Å². The highest BCUT2D eigenvalue weighted by atomic mass is 15.1. The molecular formula is C16H28N4. The Morgan fingerprint density at radius 2 is 2.00 bits per heavy atom. The fourth-order valence-corrected chi connectivity index (χ4v) is 3.10. The summed E-state index contributed by atoms with van der Waals surface area (Å²) in [6.45, 7) is 7.26. The molecule has 0 radical (unpaired) electrons. The minimum absolute atomic E-state index is 0.540. The number of hydrogen-bond donors (Lipinski definition) is 2. The third-order valence-electron chi connectivity index (χ3n) is 4.29. The van der Waals surface area contributed by atoms with Gasteiger partial charge in [0.15, 0.2) is 0 Å². The second kappa shape index (κ2) is 7.46. The molecule has 1 saturated carbocycles. The monoisotopic (exact) mass is 276 g/mol. The summed E-state index contributed by atoms with van der Waals surface area (Å²) in [4.78, 5) is 8.92. The van der Waals surface area contributed by atoms with Crippen molar-refractivity contribution >= 4 is 11.8 Å². The van der Waals surface area contributed by atoms with Gasteiger partial charge in [-0.2, -0.15) is 4.98 Å². The molecule has 1 heterocycles. The molecule has 1 aromatic rings. The van der Waals surface area contributed by atoms with Crippen LogP contribution in [0.4, 0.5) is 11.8 Å². The first-order valence-corrected chi connectivity index (χ1v) is 8.08. The highest BCUT2D eigenvalue weighted by Gasteiger charge is 2.23. The van der Waals surface area contributed by atoms with E-state index in [9.17, 15) is 0 Å². The van der Waals surface area contributed by atoms with Crippen LogP contribution in [0.15, 0.2) is 6.20 Å². The second-order valence-electron chi connectivity index (χ2n) is 5.81. The fraction of sp³-hybridized carbons (Fsp3) is 0.750. The van der Waals surface area contributed by atoms with Gasteiger partial charge < -0.3 is 10.6 Å². The highest BCUT2D eigenvalue weighted by Crippen LogP contribution is 2.29. The van der Waals surface area contributed by atoms with Crippen molar-refractivity contribution in [1.29, 1.82) is 0 Å². The van der Waals surface area contributed by atoms with Crippen molar-refractivity contribution in [2.75, 3.05) is 17.2 Å². The van der Waals surface area contributed by atoms with Gasteiger partial charge in [0.25, 0.3) is 0 Å². The van der Waals surface area contributed by atoms with Crippen molar-refractivity contribution < 1.29 is 0 Å². The lowest BCUT2D eigenvalue weighted by atomic mass is 9.83. The van der Waals surface area contributed by atoms with Crippen molar-refractivity contribution in [1.82, 2.24) is 9.97 Å². The zero-order valence-corrected chi connectivity index (χ0v) is 13.1. The van der Waals surface area contributed by atoms with Gasteiger partial charge in [0.2, 0.25) is 5.95 Å². The zero-order valence-electron chi connectivity index (χ0n) is 13.1. The van der Waals surface area contributed by atoms with E-state index in [0.717, 1.165) is 36.2 Å². The maximum Gasteiger partial charge on any atom is 0.224 e. The number of aromatic nitrogens is 2.